The van der Waals surface area contributed by atoms with Crippen LogP contribution < -0.4 is 0 Å². The predicted octanol–water partition coefficient (Wildman–Crippen LogP) is 6.86. The van der Waals surface area contributed by atoms with E-state index in [0.717, 1.165) is 17.7 Å². The highest BCUT2D eigenvalue weighted by Crippen LogP contribution is 2.35. The molecule has 7 heteroatoms. The zero-order chi connectivity index (χ0) is 22.1. The number of phenols is 1. The Balaban J connectivity index is 1.91. The Labute approximate surface area is 176 Å². The number of hydrogen-bond acceptors (Lipinski definition) is 4. The number of benzene rings is 2. The van der Waals surface area contributed by atoms with Crippen LogP contribution in [0.1, 0.15) is 51.8 Å². The second kappa shape index (κ2) is 8.44. The van der Waals surface area contributed by atoms with Gasteiger partial charge in [-0.3, -0.25) is 4.79 Å². The van der Waals surface area contributed by atoms with Crippen molar-refractivity contribution >= 4 is 23.2 Å². The lowest BCUT2D eigenvalue weighted by atomic mass is 10.1. The van der Waals surface area contributed by atoms with Gasteiger partial charge in [-0.25, -0.2) is 4.98 Å². The molecule has 156 valence electrons. The highest BCUT2D eigenvalue weighted by molar-refractivity contribution is 7.17. The lowest BCUT2D eigenvalue weighted by Crippen LogP contribution is -2.03. The molecular formula is C23H20F3NO2S. The van der Waals surface area contributed by atoms with E-state index in [9.17, 15) is 23.1 Å². The maximum atomic E-state index is 12.8. The van der Waals surface area contributed by atoms with Gasteiger partial charge in [-0.15, -0.1) is 11.3 Å². The van der Waals surface area contributed by atoms with E-state index >= 15 is 0 Å². The molecule has 0 saturated carbocycles. The Kier molecular flexibility index (Phi) is 6.12. The van der Waals surface area contributed by atoms with Crippen LogP contribution in [-0.4, -0.2) is 15.9 Å². The largest absolute Gasteiger partial charge is 0.508 e. The maximum absolute atomic E-state index is 12.8. The summed E-state index contributed by atoms with van der Waals surface area (Å²) in [6, 6.07) is 9.80. The third-order valence-corrected chi connectivity index (χ3v) is 5.67. The van der Waals surface area contributed by atoms with Gasteiger partial charge in [0.2, 0.25) is 0 Å². The molecule has 0 atom stereocenters. The van der Waals surface area contributed by atoms with Crippen molar-refractivity contribution in [3.8, 4) is 16.3 Å². The Hall–Kier alpha value is -2.93. The van der Waals surface area contributed by atoms with Crippen LogP contribution in [0.5, 0.6) is 5.75 Å². The molecule has 0 saturated heterocycles. The van der Waals surface area contributed by atoms with Crippen LogP contribution in [0.15, 0.2) is 48.5 Å². The van der Waals surface area contributed by atoms with Gasteiger partial charge in [-0.1, -0.05) is 38.1 Å². The van der Waals surface area contributed by atoms with Gasteiger partial charge >= 0.3 is 6.18 Å². The normalized spacial score (nSPS) is 12.1. The number of carbonyl (C=O) groups excluding carboxylic acids is 1. The highest BCUT2D eigenvalue weighted by atomic mass is 32.1. The van der Waals surface area contributed by atoms with Crippen molar-refractivity contribution in [1.82, 2.24) is 4.98 Å². The smallest absolute Gasteiger partial charge is 0.416 e. The second-order valence-electron chi connectivity index (χ2n) is 7.21. The van der Waals surface area contributed by atoms with Gasteiger partial charge in [0.25, 0.3) is 0 Å². The van der Waals surface area contributed by atoms with Gasteiger partial charge < -0.3 is 5.11 Å². The molecule has 0 aliphatic rings. The number of phenolic OH excluding ortho intramolecular Hbond substituents is 1. The molecule has 0 spiro atoms. The van der Waals surface area contributed by atoms with Crippen LogP contribution in [0.4, 0.5) is 13.2 Å². The molecule has 3 aromatic rings. The van der Waals surface area contributed by atoms with Crippen molar-refractivity contribution in [3.63, 3.8) is 0 Å². The number of hydrogen-bond donors (Lipinski definition) is 1. The first-order valence-electron chi connectivity index (χ1n) is 9.26. The topological polar surface area (TPSA) is 50.2 Å². The van der Waals surface area contributed by atoms with Gasteiger partial charge in [0.15, 0.2) is 5.78 Å². The van der Waals surface area contributed by atoms with E-state index in [1.807, 2.05) is 13.8 Å². The number of halogens is 3. The fraction of sp³-hybridized carbons (Fsp3) is 0.217. The van der Waals surface area contributed by atoms with Gasteiger partial charge in [-0.2, -0.15) is 13.2 Å². The quantitative estimate of drug-likeness (QED) is 0.355. The van der Waals surface area contributed by atoms with Crippen LogP contribution in [-0.2, 0) is 6.18 Å². The van der Waals surface area contributed by atoms with Crippen LogP contribution in [0.3, 0.4) is 0 Å². The van der Waals surface area contributed by atoms with E-state index in [-0.39, 0.29) is 17.5 Å². The predicted molar refractivity (Wildman–Crippen MR) is 113 cm³/mol. The van der Waals surface area contributed by atoms with E-state index in [1.54, 1.807) is 31.2 Å². The van der Waals surface area contributed by atoms with Crippen molar-refractivity contribution in [2.75, 3.05) is 0 Å². The number of nitrogens with zero attached hydrogens (tertiary/aromatic N) is 1. The maximum Gasteiger partial charge on any atom is 0.416 e. The summed E-state index contributed by atoms with van der Waals surface area (Å²) in [6.45, 7) is 5.59. The van der Waals surface area contributed by atoms with Crippen molar-refractivity contribution in [2.45, 2.75) is 32.9 Å². The Morgan fingerprint density at radius 1 is 1.13 bits per heavy atom. The summed E-state index contributed by atoms with van der Waals surface area (Å²) in [7, 11) is 0. The van der Waals surface area contributed by atoms with Crippen molar-refractivity contribution in [1.29, 1.82) is 0 Å². The standard InChI is InChI=1S/C23H20F3NO2S/c1-13(2)20-21(19(29)11-5-15-4-10-18(28)14(3)12-15)30-22(27-20)16-6-8-17(9-7-16)23(24,25)26/h4-13,28H,1-3H3. The molecule has 1 aromatic heterocycles. The van der Waals surface area contributed by atoms with E-state index in [2.05, 4.69) is 4.98 Å². The van der Waals surface area contributed by atoms with E-state index in [0.29, 0.717) is 26.7 Å². The molecule has 2 aromatic carbocycles. The van der Waals surface area contributed by atoms with E-state index in [4.69, 9.17) is 0 Å². The molecule has 0 unspecified atom stereocenters. The van der Waals surface area contributed by atoms with E-state index in [1.165, 1.54) is 29.5 Å². The number of alkyl halides is 3. The number of thiazole rings is 1. The molecule has 0 aliphatic carbocycles. The minimum Gasteiger partial charge on any atom is -0.508 e. The average Bonchev–Trinajstić information content (AvgIpc) is 3.14. The Morgan fingerprint density at radius 2 is 1.80 bits per heavy atom. The molecule has 3 rings (SSSR count). The summed E-state index contributed by atoms with van der Waals surface area (Å²) in [6.07, 6.45) is -1.29. The van der Waals surface area contributed by atoms with Crippen LogP contribution in [0, 0.1) is 6.92 Å². The second-order valence-corrected chi connectivity index (χ2v) is 8.21. The molecule has 1 heterocycles. The number of aromatic hydroxyl groups is 1. The van der Waals surface area contributed by atoms with Crippen molar-refractivity contribution in [3.05, 3.63) is 75.8 Å². The zero-order valence-electron chi connectivity index (χ0n) is 16.6. The Bertz CT molecular complexity index is 1100. The van der Waals surface area contributed by atoms with Crippen LogP contribution in [0.25, 0.3) is 16.6 Å². The first-order chi connectivity index (χ1) is 14.1. The van der Waals surface area contributed by atoms with E-state index < -0.39 is 11.7 Å². The van der Waals surface area contributed by atoms with Gasteiger partial charge in [0, 0.05) is 5.56 Å². The lowest BCUT2D eigenvalue weighted by molar-refractivity contribution is -0.137. The van der Waals surface area contributed by atoms with Gasteiger partial charge in [0.05, 0.1) is 16.1 Å². The molecule has 0 amide bonds. The average molecular weight is 431 g/mol. The fourth-order valence-electron chi connectivity index (χ4n) is 2.85. The molecule has 3 nitrogen and oxygen atoms in total. The first-order valence-corrected chi connectivity index (χ1v) is 10.1. The van der Waals surface area contributed by atoms with Gasteiger partial charge in [-0.05, 0) is 54.3 Å². The molecule has 0 bridgehead atoms. The molecule has 0 fully saturated rings. The minimum atomic E-state index is -4.40. The summed E-state index contributed by atoms with van der Waals surface area (Å²) in [4.78, 5) is 17.8. The molecule has 30 heavy (non-hydrogen) atoms. The third-order valence-electron chi connectivity index (χ3n) is 4.53. The number of carbonyl (C=O) groups is 1. The monoisotopic (exact) mass is 431 g/mol. The SMILES string of the molecule is Cc1cc(C=CC(=O)c2sc(-c3ccc(C(F)(F)F)cc3)nc2C(C)C)ccc1O. The first kappa shape index (κ1) is 21.8. The molecule has 1 N–H and O–H groups in total. The summed E-state index contributed by atoms with van der Waals surface area (Å²) < 4.78 is 38.4. The summed E-state index contributed by atoms with van der Waals surface area (Å²) >= 11 is 1.17. The number of aryl methyl sites for hydroxylation is 1. The van der Waals surface area contributed by atoms with Gasteiger partial charge in [0.1, 0.15) is 10.8 Å². The fourth-order valence-corrected chi connectivity index (χ4v) is 4.00. The molecule has 0 aliphatic heterocycles. The number of rotatable bonds is 5. The summed E-state index contributed by atoms with van der Waals surface area (Å²) in [5.74, 6) is -0.0583. The van der Waals surface area contributed by atoms with Crippen molar-refractivity contribution < 1.29 is 23.1 Å². The number of ketones is 1. The van der Waals surface area contributed by atoms with Crippen LogP contribution in [0.2, 0.25) is 0 Å². The zero-order valence-corrected chi connectivity index (χ0v) is 17.4. The van der Waals surface area contributed by atoms with Crippen molar-refractivity contribution in [2.24, 2.45) is 0 Å². The molecule has 0 radical (unpaired) electrons. The highest BCUT2D eigenvalue weighted by Gasteiger charge is 2.30. The summed E-state index contributed by atoms with van der Waals surface area (Å²) in [5, 5.41) is 10.1. The number of allylic oxidation sites excluding steroid dienone is 1. The van der Waals surface area contributed by atoms with Crippen LogP contribution >= 0.6 is 11.3 Å². The third kappa shape index (κ3) is 4.79. The molecular weight excluding hydrogens is 411 g/mol. The Morgan fingerprint density at radius 3 is 2.37 bits per heavy atom. The minimum absolute atomic E-state index is 0.0206. The lowest BCUT2D eigenvalue weighted by Gasteiger charge is -2.06. The summed E-state index contributed by atoms with van der Waals surface area (Å²) in [5.41, 5.74) is 1.90. The number of aromatic nitrogens is 1.